The number of cyclic esters (lactones) is 1. The molecule has 1 amide bonds. The zero-order chi connectivity index (χ0) is 18.7. The van der Waals surface area contributed by atoms with Gasteiger partial charge in [-0.2, -0.15) is 4.72 Å². The molecule has 2 aromatic carbocycles. The van der Waals surface area contributed by atoms with Crippen molar-refractivity contribution in [3.05, 3.63) is 59.9 Å². The SMILES string of the molecule is O=C(Nc1ccc(S(=O)(=O)NC2CCOC2=O)cc1)c1cccc(F)c1. The topological polar surface area (TPSA) is 102 Å². The van der Waals surface area contributed by atoms with E-state index >= 15 is 0 Å². The van der Waals surface area contributed by atoms with Gasteiger partial charge in [0.15, 0.2) is 0 Å². The molecule has 1 aliphatic rings. The van der Waals surface area contributed by atoms with E-state index in [9.17, 15) is 22.4 Å². The van der Waals surface area contributed by atoms with Crippen LogP contribution in [0.2, 0.25) is 0 Å². The first-order valence-corrected chi connectivity index (χ1v) is 9.19. The Morgan fingerprint density at radius 3 is 2.50 bits per heavy atom. The highest BCUT2D eigenvalue weighted by Gasteiger charge is 2.31. The normalized spacial score (nSPS) is 17.0. The number of hydrogen-bond donors (Lipinski definition) is 2. The molecule has 0 saturated carbocycles. The molecule has 9 heteroatoms. The number of amides is 1. The van der Waals surface area contributed by atoms with E-state index in [2.05, 4.69) is 10.0 Å². The lowest BCUT2D eigenvalue weighted by Gasteiger charge is -2.11. The second-order valence-electron chi connectivity index (χ2n) is 5.62. The van der Waals surface area contributed by atoms with Gasteiger partial charge in [-0.25, -0.2) is 12.8 Å². The average Bonchev–Trinajstić information content (AvgIpc) is 2.99. The molecule has 1 unspecified atom stereocenters. The van der Waals surface area contributed by atoms with Crippen LogP contribution in [-0.2, 0) is 19.6 Å². The van der Waals surface area contributed by atoms with Gasteiger partial charge < -0.3 is 10.1 Å². The van der Waals surface area contributed by atoms with Crippen LogP contribution in [0.5, 0.6) is 0 Å². The van der Waals surface area contributed by atoms with Crippen molar-refractivity contribution in [2.75, 3.05) is 11.9 Å². The Hall–Kier alpha value is -2.78. The summed E-state index contributed by atoms with van der Waals surface area (Å²) in [6.07, 6.45) is 0.278. The highest BCUT2D eigenvalue weighted by atomic mass is 32.2. The smallest absolute Gasteiger partial charge is 0.324 e. The molecule has 2 N–H and O–H groups in total. The molecule has 26 heavy (non-hydrogen) atoms. The second-order valence-corrected chi connectivity index (χ2v) is 7.33. The third kappa shape index (κ3) is 4.06. The summed E-state index contributed by atoms with van der Waals surface area (Å²) in [5.74, 6) is -1.66. The van der Waals surface area contributed by atoms with Gasteiger partial charge in [-0.1, -0.05) is 6.07 Å². The van der Waals surface area contributed by atoms with Gasteiger partial charge in [-0.05, 0) is 42.5 Å². The Morgan fingerprint density at radius 2 is 1.88 bits per heavy atom. The Bertz CT molecular complexity index is 944. The number of sulfonamides is 1. The van der Waals surface area contributed by atoms with Crippen LogP contribution in [0.15, 0.2) is 53.4 Å². The zero-order valence-electron chi connectivity index (χ0n) is 13.4. The van der Waals surface area contributed by atoms with Gasteiger partial charge in [-0.3, -0.25) is 9.59 Å². The molecule has 7 nitrogen and oxygen atoms in total. The number of esters is 1. The van der Waals surface area contributed by atoms with Gasteiger partial charge >= 0.3 is 5.97 Å². The van der Waals surface area contributed by atoms with E-state index < -0.39 is 33.8 Å². The van der Waals surface area contributed by atoms with E-state index in [1.165, 1.54) is 42.5 Å². The number of ether oxygens (including phenoxy) is 1. The van der Waals surface area contributed by atoms with Crippen molar-refractivity contribution in [3.63, 3.8) is 0 Å². The molecule has 1 aliphatic heterocycles. The maximum atomic E-state index is 13.2. The highest BCUT2D eigenvalue weighted by molar-refractivity contribution is 7.89. The molecule has 2 aromatic rings. The number of carbonyl (C=O) groups excluding carboxylic acids is 2. The molecular weight excluding hydrogens is 363 g/mol. The molecule has 0 spiro atoms. The quantitative estimate of drug-likeness (QED) is 0.771. The fourth-order valence-corrected chi connectivity index (χ4v) is 3.63. The summed E-state index contributed by atoms with van der Waals surface area (Å²) in [5.41, 5.74) is 0.488. The number of benzene rings is 2. The van der Waals surface area contributed by atoms with Crippen LogP contribution in [0, 0.1) is 5.82 Å². The number of halogens is 1. The first-order valence-electron chi connectivity index (χ1n) is 7.71. The third-order valence-electron chi connectivity index (χ3n) is 3.74. The van der Waals surface area contributed by atoms with Crippen LogP contribution in [0.1, 0.15) is 16.8 Å². The third-order valence-corrected chi connectivity index (χ3v) is 5.23. The lowest BCUT2D eigenvalue weighted by Crippen LogP contribution is -2.37. The fraction of sp³-hybridized carbons (Fsp3) is 0.176. The summed E-state index contributed by atoms with van der Waals surface area (Å²) in [4.78, 5) is 23.4. The molecule has 0 bridgehead atoms. The van der Waals surface area contributed by atoms with Crippen LogP contribution >= 0.6 is 0 Å². The van der Waals surface area contributed by atoms with Gasteiger partial charge in [0.2, 0.25) is 10.0 Å². The van der Waals surface area contributed by atoms with Crippen molar-refractivity contribution in [1.29, 1.82) is 0 Å². The van der Waals surface area contributed by atoms with Crippen molar-refractivity contribution < 1.29 is 27.1 Å². The van der Waals surface area contributed by atoms with Crippen molar-refractivity contribution in [1.82, 2.24) is 4.72 Å². The van der Waals surface area contributed by atoms with Crippen LogP contribution < -0.4 is 10.0 Å². The molecule has 1 atom stereocenters. The number of anilines is 1. The summed E-state index contributed by atoms with van der Waals surface area (Å²) in [5, 5.41) is 2.55. The number of nitrogens with one attached hydrogen (secondary N) is 2. The molecule has 1 saturated heterocycles. The molecule has 136 valence electrons. The van der Waals surface area contributed by atoms with Gasteiger partial charge in [0, 0.05) is 17.7 Å². The Kier molecular flexibility index (Phi) is 5.01. The van der Waals surface area contributed by atoms with Crippen molar-refractivity contribution in [2.24, 2.45) is 0 Å². The van der Waals surface area contributed by atoms with Crippen LogP contribution in [0.25, 0.3) is 0 Å². The standard InChI is InChI=1S/C17H15FN2O5S/c18-12-3-1-2-11(10-12)16(21)19-13-4-6-14(7-5-13)26(23,24)20-15-8-9-25-17(15)22/h1-7,10,15,20H,8-9H2,(H,19,21). The lowest BCUT2D eigenvalue weighted by molar-refractivity contribution is -0.139. The number of carbonyl (C=O) groups is 2. The Morgan fingerprint density at radius 1 is 1.15 bits per heavy atom. The minimum Gasteiger partial charge on any atom is -0.464 e. The van der Waals surface area contributed by atoms with E-state index in [0.29, 0.717) is 5.69 Å². The van der Waals surface area contributed by atoms with Crippen molar-refractivity contribution in [3.8, 4) is 0 Å². The molecular formula is C17H15FN2O5S. The minimum absolute atomic E-state index is 0.0547. The largest absolute Gasteiger partial charge is 0.464 e. The maximum absolute atomic E-state index is 13.2. The second kappa shape index (κ2) is 7.22. The maximum Gasteiger partial charge on any atom is 0.324 e. The summed E-state index contributed by atoms with van der Waals surface area (Å²) in [7, 11) is -3.89. The van der Waals surface area contributed by atoms with Gasteiger partial charge in [0.1, 0.15) is 11.9 Å². The number of hydrogen-bond acceptors (Lipinski definition) is 5. The van der Waals surface area contributed by atoms with E-state index in [4.69, 9.17) is 4.74 Å². The van der Waals surface area contributed by atoms with Crippen molar-refractivity contribution in [2.45, 2.75) is 17.4 Å². The Labute approximate surface area is 149 Å². The molecule has 1 heterocycles. The van der Waals surface area contributed by atoms with E-state index in [-0.39, 0.29) is 23.5 Å². The highest BCUT2D eigenvalue weighted by Crippen LogP contribution is 2.17. The van der Waals surface area contributed by atoms with E-state index in [1.807, 2.05) is 0 Å². The summed E-state index contributed by atoms with van der Waals surface area (Å²) in [6.45, 7) is 0.178. The number of rotatable bonds is 5. The zero-order valence-corrected chi connectivity index (χ0v) is 14.3. The van der Waals surface area contributed by atoms with E-state index in [1.54, 1.807) is 0 Å². The van der Waals surface area contributed by atoms with Crippen LogP contribution in [0.3, 0.4) is 0 Å². The average molecular weight is 378 g/mol. The van der Waals surface area contributed by atoms with Crippen molar-refractivity contribution >= 4 is 27.6 Å². The summed E-state index contributed by atoms with van der Waals surface area (Å²) >= 11 is 0. The lowest BCUT2D eigenvalue weighted by atomic mass is 10.2. The first-order chi connectivity index (χ1) is 12.3. The molecule has 0 aromatic heterocycles. The minimum atomic E-state index is -3.89. The van der Waals surface area contributed by atoms with Crippen LogP contribution in [0.4, 0.5) is 10.1 Å². The van der Waals surface area contributed by atoms with Crippen LogP contribution in [-0.4, -0.2) is 32.9 Å². The summed E-state index contributed by atoms with van der Waals surface area (Å²) in [6, 6.07) is 9.70. The fourth-order valence-electron chi connectivity index (χ4n) is 2.41. The molecule has 0 radical (unpaired) electrons. The summed E-state index contributed by atoms with van der Waals surface area (Å²) < 4.78 is 44.7. The van der Waals surface area contributed by atoms with Gasteiger partial charge in [0.25, 0.3) is 5.91 Å². The molecule has 1 fully saturated rings. The predicted octanol–water partition coefficient (Wildman–Crippen LogP) is 1.67. The Balaban J connectivity index is 1.70. The molecule has 3 rings (SSSR count). The van der Waals surface area contributed by atoms with Gasteiger partial charge in [0.05, 0.1) is 11.5 Å². The molecule has 0 aliphatic carbocycles. The van der Waals surface area contributed by atoms with E-state index in [0.717, 1.165) is 6.07 Å². The van der Waals surface area contributed by atoms with Gasteiger partial charge in [-0.15, -0.1) is 0 Å². The first kappa shape index (κ1) is 18.0. The monoisotopic (exact) mass is 378 g/mol. The predicted molar refractivity (Wildman–Crippen MR) is 90.5 cm³/mol.